The Balaban J connectivity index is 1.73. The topological polar surface area (TPSA) is 108 Å². The number of nitrogens with zero attached hydrogens (tertiary/aromatic N) is 5. The summed E-state index contributed by atoms with van der Waals surface area (Å²) in [6.07, 6.45) is 1.57. The van der Waals surface area contributed by atoms with Gasteiger partial charge < -0.3 is 5.32 Å². The summed E-state index contributed by atoms with van der Waals surface area (Å²) in [7, 11) is 0. The zero-order valence-electron chi connectivity index (χ0n) is 14.7. The summed E-state index contributed by atoms with van der Waals surface area (Å²) in [6.45, 7) is 3.36. The molecule has 0 saturated carbocycles. The number of nitro groups is 1. The molecule has 27 heavy (non-hydrogen) atoms. The molecule has 1 N–H and O–H groups in total. The molecule has 0 atom stereocenters. The molecule has 0 aliphatic carbocycles. The summed E-state index contributed by atoms with van der Waals surface area (Å²) in [5, 5.41) is 22.7. The number of aryl methyl sites for hydroxylation is 1. The lowest BCUT2D eigenvalue weighted by atomic mass is 10.2. The molecule has 0 spiro atoms. The van der Waals surface area contributed by atoms with E-state index in [1.54, 1.807) is 29.9 Å². The highest BCUT2D eigenvalue weighted by atomic mass is 35.5. The monoisotopic (exact) mass is 388 g/mol. The summed E-state index contributed by atoms with van der Waals surface area (Å²) in [5.41, 5.74) is 1.39. The van der Waals surface area contributed by atoms with Crippen LogP contribution in [0.5, 0.6) is 0 Å². The van der Waals surface area contributed by atoms with Crippen LogP contribution in [0.4, 0.5) is 11.5 Å². The molecule has 0 bridgehead atoms. The van der Waals surface area contributed by atoms with Gasteiger partial charge >= 0.3 is 5.69 Å². The van der Waals surface area contributed by atoms with Crippen molar-refractivity contribution in [2.45, 2.75) is 26.9 Å². The molecule has 0 fully saturated rings. The van der Waals surface area contributed by atoms with Gasteiger partial charge in [0, 0.05) is 11.1 Å². The highest BCUT2D eigenvalue weighted by Gasteiger charge is 2.23. The quantitative estimate of drug-likeness (QED) is 0.516. The number of halogens is 1. The molecule has 3 aromatic rings. The van der Waals surface area contributed by atoms with Gasteiger partial charge in [-0.25, -0.2) is 4.68 Å². The zero-order valence-corrected chi connectivity index (χ0v) is 15.5. The van der Waals surface area contributed by atoms with E-state index < -0.39 is 4.92 Å². The van der Waals surface area contributed by atoms with Crippen molar-refractivity contribution in [2.75, 3.05) is 5.32 Å². The first-order valence-corrected chi connectivity index (χ1v) is 8.48. The Labute approximate surface area is 159 Å². The van der Waals surface area contributed by atoms with Crippen molar-refractivity contribution in [3.05, 3.63) is 68.6 Å². The molecule has 0 radical (unpaired) electrons. The van der Waals surface area contributed by atoms with Gasteiger partial charge in [0.1, 0.15) is 23.8 Å². The van der Waals surface area contributed by atoms with E-state index in [-0.39, 0.29) is 23.8 Å². The highest BCUT2D eigenvalue weighted by molar-refractivity contribution is 6.31. The minimum atomic E-state index is -0.495. The van der Waals surface area contributed by atoms with Gasteiger partial charge in [-0.3, -0.25) is 19.6 Å². The van der Waals surface area contributed by atoms with Crippen LogP contribution in [0.2, 0.25) is 5.02 Å². The molecule has 2 heterocycles. The van der Waals surface area contributed by atoms with Gasteiger partial charge in [-0.15, -0.1) is 0 Å². The van der Waals surface area contributed by atoms with Crippen LogP contribution >= 0.6 is 11.6 Å². The van der Waals surface area contributed by atoms with Crippen molar-refractivity contribution in [2.24, 2.45) is 0 Å². The van der Waals surface area contributed by atoms with E-state index in [4.69, 9.17) is 11.6 Å². The van der Waals surface area contributed by atoms with Crippen LogP contribution in [0.25, 0.3) is 0 Å². The summed E-state index contributed by atoms with van der Waals surface area (Å²) >= 11 is 6.17. The first-order chi connectivity index (χ1) is 12.9. The van der Waals surface area contributed by atoms with Crippen molar-refractivity contribution >= 4 is 29.0 Å². The van der Waals surface area contributed by atoms with Crippen molar-refractivity contribution in [1.82, 2.24) is 19.6 Å². The number of hydrogen-bond donors (Lipinski definition) is 1. The number of benzene rings is 1. The lowest BCUT2D eigenvalue weighted by molar-refractivity contribution is -0.386. The van der Waals surface area contributed by atoms with E-state index in [1.165, 1.54) is 11.6 Å². The predicted molar refractivity (Wildman–Crippen MR) is 99.8 cm³/mol. The average molecular weight is 389 g/mol. The molecule has 3 rings (SSSR count). The van der Waals surface area contributed by atoms with Crippen LogP contribution in [-0.2, 0) is 17.9 Å². The number of amides is 1. The minimum absolute atomic E-state index is 0.0773. The van der Waals surface area contributed by atoms with E-state index in [2.05, 4.69) is 15.5 Å². The second-order valence-electron chi connectivity index (χ2n) is 5.95. The largest absolute Gasteiger partial charge is 0.312 e. The number of aromatic nitrogens is 4. The van der Waals surface area contributed by atoms with Crippen molar-refractivity contribution in [3.63, 3.8) is 0 Å². The van der Waals surface area contributed by atoms with Crippen molar-refractivity contribution in [1.29, 1.82) is 0 Å². The fraction of sp³-hybridized carbons (Fsp3) is 0.235. The molecule has 0 saturated heterocycles. The number of carbonyl (C=O) groups is 1. The second kappa shape index (κ2) is 7.58. The molecule has 140 valence electrons. The van der Waals surface area contributed by atoms with Gasteiger partial charge in [-0.05, 0) is 25.5 Å². The Morgan fingerprint density at radius 2 is 2.00 bits per heavy atom. The Kier molecular flexibility index (Phi) is 5.22. The SMILES string of the molecule is Cc1nn(CC(=O)Nc2ccnn2Cc2ccccc2Cl)c(C)c1[N+](=O)[O-]. The molecule has 0 aliphatic rings. The molecule has 1 aromatic carbocycles. The maximum Gasteiger partial charge on any atom is 0.312 e. The summed E-state index contributed by atoms with van der Waals surface area (Å²) in [5.74, 6) is 0.132. The van der Waals surface area contributed by atoms with E-state index in [0.29, 0.717) is 23.1 Å². The molecular weight excluding hydrogens is 372 g/mol. The molecule has 0 unspecified atom stereocenters. The first-order valence-electron chi connectivity index (χ1n) is 8.10. The summed E-state index contributed by atoms with van der Waals surface area (Å²) < 4.78 is 2.93. The second-order valence-corrected chi connectivity index (χ2v) is 6.36. The molecule has 0 aliphatic heterocycles. The van der Waals surface area contributed by atoms with Gasteiger partial charge in [0.15, 0.2) is 0 Å². The standard InChI is InChI=1S/C17H17ClN6O3/c1-11-17(24(26)27)12(2)22(21-11)10-16(25)20-15-7-8-19-23(15)9-13-5-3-4-6-14(13)18/h3-8H,9-10H2,1-2H3,(H,20,25). The number of nitrogens with one attached hydrogen (secondary N) is 1. The fourth-order valence-corrected chi connectivity index (χ4v) is 2.97. The zero-order chi connectivity index (χ0) is 19.6. The third kappa shape index (κ3) is 3.98. The molecule has 9 nitrogen and oxygen atoms in total. The normalized spacial score (nSPS) is 10.8. The highest BCUT2D eigenvalue weighted by Crippen LogP contribution is 2.22. The number of rotatable bonds is 6. The Hall–Kier alpha value is -3.20. The van der Waals surface area contributed by atoms with E-state index in [0.717, 1.165) is 5.56 Å². The van der Waals surface area contributed by atoms with Crippen LogP contribution in [0.1, 0.15) is 17.0 Å². The molecular formula is C17H17ClN6O3. The Bertz CT molecular complexity index is 1010. The third-order valence-electron chi connectivity index (χ3n) is 4.08. The van der Waals surface area contributed by atoms with Crippen molar-refractivity contribution in [3.8, 4) is 0 Å². The van der Waals surface area contributed by atoms with Crippen LogP contribution in [0, 0.1) is 24.0 Å². The Morgan fingerprint density at radius 1 is 1.26 bits per heavy atom. The minimum Gasteiger partial charge on any atom is -0.309 e. The molecule has 10 heteroatoms. The van der Waals surface area contributed by atoms with Crippen molar-refractivity contribution < 1.29 is 9.72 Å². The average Bonchev–Trinajstić information content (AvgIpc) is 3.13. The van der Waals surface area contributed by atoms with Gasteiger partial charge in [-0.2, -0.15) is 10.2 Å². The van der Waals surface area contributed by atoms with E-state index in [9.17, 15) is 14.9 Å². The van der Waals surface area contributed by atoms with Gasteiger partial charge in [-0.1, -0.05) is 29.8 Å². The fourth-order valence-electron chi connectivity index (χ4n) is 2.78. The van der Waals surface area contributed by atoms with Crippen LogP contribution in [0.3, 0.4) is 0 Å². The molecule has 1 amide bonds. The number of carbonyl (C=O) groups excluding carboxylic acids is 1. The van der Waals surface area contributed by atoms with Gasteiger partial charge in [0.05, 0.1) is 17.7 Å². The van der Waals surface area contributed by atoms with E-state index >= 15 is 0 Å². The summed E-state index contributed by atoms with van der Waals surface area (Å²) in [6, 6.07) is 9.04. The van der Waals surface area contributed by atoms with Crippen LogP contribution in [-0.4, -0.2) is 30.4 Å². The number of anilines is 1. The maximum absolute atomic E-state index is 12.4. The lowest BCUT2D eigenvalue weighted by Gasteiger charge is -2.10. The Morgan fingerprint density at radius 3 is 2.67 bits per heavy atom. The smallest absolute Gasteiger partial charge is 0.309 e. The maximum atomic E-state index is 12.4. The van der Waals surface area contributed by atoms with Crippen LogP contribution in [0.15, 0.2) is 36.5 Å². The summed E-state index contributed by atoms with van der Waals surface area (Å²) in [4.78, 5) is 23.0. The molecule has 2 aromatic heterocycles. The van der Waals surface area contributed by atoms with Gasteiger partial charge in [0.25, 0.3) is 0 Å². The lowest BCUT2D eigenvalue weighted by Crippen LogP contribution is -2.22. The first kappa shape index (κ1) is 18.6. The predicted octanol–water partition coefficient (Wildman–Crippen LogP) is 2.95. The van der Waals surface area contributed by atoms with E-state index in [1.807, 2.05) is 18.2 Å². The number of hydrogen-bond acceptors (Lipinski definition) is 5. The van der Waals surface area contributed by atoms with Gasteiger partial charge in [0.2, 0.25) is 5.91 Å². The van der Waals surface area contributed by atoms with Crippen LogP contribution < -0.4 is 5.32 Å². The third-order valence-corrected chi connectivity index (χ3v) is 4.45.